The largest absolute Gasteiger partial charge is 0.478 e. The topological polar surface area (TPSA) is 78.4 Å². The van der Waals surface area contributed by atoms with Crippen molar-refractivity contribution in [1.82, 2.24) is 0 Å². The van der Waals surface area contributed by atoms with E-state index in [1.54, 1.807) is 12.1 Å². The molecule has 0 aromatic heterocycles. The molecule has 0 aliphatic carbocycles. The van der Waals surface area contributed by atoms with Gasteiger partial charge in [0.1, 0.15) is 0 Å². The number of carbonyl (C=O) groups is 2. The van der Waals surface area contributed by atoms with Crippen molar-refractivity contribution in [1.29, 1.82) is 0 Å². The number of halogens is 1. The molecule has 3 N–H and O–H groups in total. The Morgan fingerprint density at radius 3 is 2.24 bits per heavy atom. The molecule has 2 rings (SSSR count). The number of carboxylic acid groups (broad SMARTS) is 1. The van der Waals surface area contributed by atoms with E-state index < -0.39 is 12.0 Å². The third-order valence-corrected chi connectivity index (χ3v) is 2.93. The summed E-state index contributed by atoms with van der Waals surface area (Å²) in [7, 11) is 0. The number of hydrogen-bond acceptors (Lipinski definition) is 2. The molecule has 0 aliphatic heterocycles. The summed E-state index contributed by atoms with van der Waals surface area (Å²) in [5.74, 6) is -1.11. The first kappa shape index (κ1) is 14.9. The number of nitrogens with one attached hydrogen (secondary N) is 2. The summed E-state index contributed by atoms with van der Waals surface area (Å²) in [6.07, 6.45) is 0. The lowest BCUT2D eigenvalue weighted by Crippen LogP contribution is -2.19. The highest BCUT2D eigenvalue weighted by Gasteiger charge is 2.08. The molecule has 0 saturated carbocycles. The minimum absolute atomic E-state index is 0.00753. The third kappa shape index (κ3) is 4.22. The maximum atomic E-state index is 11.8. The fourth-order valence-electron chi connectivity index (χ4n) is 1.72. The Labute approximate surface area is 126 Å². The van der Waals surface area contributed by atoms with Gasteiger partial charge in [0.05, 0.1) is 5.56 Å². The van der Waals surface area contributed by atoms with Crippen molar-refractivity contribution in [2.45, 2.75) is 6.92 Å². The molecule has 108 valence electrons. The number of aryl methyl sites for hydroxylation is 1. The molecule has 0 fully saturated rings. The second-order valence-corrected chi connectivity index (χ2v) is 4.92. The van der Waals surface area contributed by atoms with E-state index >= 15 is 0 Å². The van der Waals surface area contributed by atoms with Gasteiger partial charge in [-0.2, -0.15) is 0 Å². The van der Waals surface area contributed by atoms with E-state index in [-0.39, 0.29) is 10.6 Å². The molecule has 2 aromatic carbocycles. The van der Waals surface area contributed by atoms with Gasteiger partial charge in [0, 0.05) is 16.4 Å². The van der Waals surface area contributed by atoms with Gasteiger partial charge in [-0.1, -0.05) is 29.3 Å². The van der Waals surface area contributed by atoms with Crippen molar-refractivity contribution >= 4 is 35.0 Å². The lowest BCUT2D eigenvalue weighted by Gasteiger charge is -2.09. The first-order valence-electron chi connectivity index (χ1n) is 6.12. The number of carboxylic acids is 1. The highest BCUT2D eigenvalue weighted by molar-refractivity contribution is 6.31. The predicted molar refractivity (Wildman–Crippen MR) is 82.2 cm³/mol. The quantitative estimate of drug-likeness (QED) is 0.802. The minimum atomic E-state index is -1.11. The molecule has 0 bridgehead atoms. The number of benzene rings is 2. The minimum Gasteiger partial charge on any atom is -0.478 e. The van der Waals surface area contributed by atoms with E-state index in [1.165, 1.54) is 18.2 Å². The van der Waals surface area contributed by atoms with Crippen LogP contribution in [0.4, 0.5) is 16.2 Å². The molecule has 21 heavy (non-hydrogen) atoms. The van der Waals surface area contributed by atoms with Crippen LogP contribution in [0, 0.1) is 6.92 Å². The lowest BCUT2D eigenvalue weighted by molar-refractivity contribution is 0.0697. The van der Waals surface area contributed by atoms with Crippen LogP contribution in [-0.4, -0.2) is 17.1 Å². The molecule has 0 aliphatic rings. The molecule has 5 nitrogen and oxygen atoms in total. The Balaban J connectivity index is 2.09. The molecule has 0 heterocycles. The van der Waals surface area contributed by atoms with E-state index in [1.807, 2.05) is 19.1 Å². The molecular formula is C15H13ClN2O3. The van der Waals surface area contributed by atoms with Crippen LogP contribution in [-0.2, 0) is 0 Å². The van der Waals surface area contributed by atoms with Crippen LogP contribution in [0.1, 0.15) is 15.9 Å². The van der Waals surface area contributed by atoms with Gasteiger partial charge in [-0.3, -0.25) is 0 Å². The van der Waals surface area contributed by atoms with Gasteiger partial charge in [0.15, 0.2) is 0 Å². The summed E-state index contributed by atoms with van der Waals surface area (Å²) < 4.78 is 0. The molecule has 0 unspecified atom stereocenters. The van der Waals surface area contributed by atoms with Crippen LogP contribution in [0.2, 0.25) is 5.02 Å². The SMILES string of the molecule is Cc1ccc(NC(=O)Nc2cc(Cl)cc(C(=O)O)c2)cc1. The first-order valence-corrected chi connectivity index (χ1v) is 6.50. The number of urea groups is 1. The van der Waals surface area contributed by atoms with Crippen molar-refractivity contribution < 1.29 is 14.7 Å². The van der Waals surface area contributed by atoms with Crippen molar-refractivity contribution in [3.05, 3.63) is 58.6 Å². The Kier molecular flexibility index (Phi) is 4.45. The normalized spacial score (nSPS) is 10.0. The summed E-state index contributed by atoms with van der Waals surface area (Å²) >= 11 is 5.82. The molecule has 0 saturated heterocycles. The molecule has 0 atom stereocenters. The maximum absolute atomic E-state index is 11.8. The number of hydrogen-bond donors (Lipinski definition) is 3. The second-order valence-electron chi connectivity index (χ2n) is 4.48. The first-order chi connectivity index (χ1) is 9.94. The second kappa shape index (κ2) is 6.28. The standard InChI is InChI=1S/C15H13ClN2O3/c1-9-2-4-12(5-3-9)17-15(21)18-13-7-10(14(19)20)6-11(16)8-13/h2-8H,1H3,(H,19,20)(H2,17,18,21). The number of rotatable bonds is 3. The fraction of sp³-hybridized carbons (Fsp3) is 0.0667. The zero-order valence-electron chi connectivity index (χ0n) is 11.2. The highest BCUT2D eigenvalue weighted by Crippen LogP contribution is 2.19. The van der Waals surface area contributed by atoms with Gasteiger partial charge in [-0.25, -0.2) is 9.59 Å². The molecule has 0 spiro atoms. The Hall–Kier alpha value is -2.53. The van der Waals surface area contributed by atoms with Gasteiger partial charge < -0.3 is 15.7 Å². The number of amides is 2. The van der Waals surface area contributed by atoms with Crippen LogP contribution in [0.5, 0.6) is 0 Å². The van der Waals surface area contributed by atoms with Gasteiger partial charge in [-0.15, -0.1) is 0 Å². The summed E-state index contributed by atoms with van der Waals surface area (Å²) in [6, 6.07) is 10.9. The molecule has 2 amide bonds. The molecular weight excluding hydrogens is 292 g/mol. The predicted octanol–water partition coefficient (Wildman–Crippen LogP) is 3.99. The Bertz CT molecular complexity index is 684. The van der Waals surface area contributed by atoms with Crippen LogP contribution in [0.3, 0.4) is 0 Å². The summed E-state index contributed by atoms with van der Waals surface area (Å²) in [6.45, 7) is 1.95. The monoisotopic (exact) mass is 304 g/mol. The van der Waals surface area contributed by atoms with Gasteiger partial charge in [0.25, 0.3) is 0 Å². The van der Waals surface area contributed by atoms with Crippen LogP contribution in [0.15, 0.2) is 42.5 Å². The smallest absolute Gasteiger partial charge is 0.335 e. The summed E-state index contributed by atoms with van der Waals surface area (Å²) in [5, 5.41) is 14.4. The van der Waals surface area contributed by atoms with E-state index in [9.17, 15) is 9.59 Å². The molecule has 0 radical (unpaired) electrons. The van der Waals surface area contributed by atoms with Gasteiger partial charge >= 0.3 is 12.0 Å². The zero-order chi connectivity index (χ0) is 15.4. The van der Waals surface area contributed by atoms with Crippen molar-refractivity contribution in [3.8, 4) is 0 Å². The van der Waals surface area contributed by atoms with Crippen LogP contribution < -0.4 is 10.6 Å². The molecule has 6 heteroatoms. The van der Waals surface area contributed by atoms with Gasteiger partial charge in [0.2, 0.25) is 0 Å². The number of aromatic carboxylic acids is 1. The average Bonchev–Trinajstić information content (AvgIpc) is 2.40. The third-order valence-electron chi connectivity index (χ3n) is 2.71. The lowest BCUT2D eigenvalue weighted by atomic mass is 10.2. The summed E-state index contributed by atoms with van der Waals surface area (Å²) in [5.41, 5.74) is 2.04. The van der Waals surface area contributed by atoms with E-state index in [0.29, 0.717) is 11.4 Å². The summed E-state index contributed by atoms with van der Waals surface area (Å²) in [4.78, 5) is 22.8. The van der Waals surface area contributed by atoms with Crippen LogP contribution in [0.25, 0.3) is 0 Å². The maximum Gasteiger partial charge on any atom is 0.335 e. The van der Waals surface area contributed by atoms with Crippen LogP contribution >= 0.6 is 11.6 Å². The number of carbonyl (C=O) groups excluding carboxylic acids is 1. The van der Waals surface area contributed by atoms with Crippen molar-refractivity contribution in [2.24, 2.45) is 0 Å². The fourth-order valence-corrected chi connectivity index (χ4v) is 1.95. The Morgan fingerprint density at radius 2 is 1.62 bits per heavy atom. The van der Waals surface area contributed by atoms with Gasteiger partial charge in [-0.05, 0) is 37.3 Å². The van der Waals surface area contributed by atoms with E-state index in [0.717, 1.165) is 5.56 Å². The van der Waals surface area contributed by atoms with E-state index in [2.05, 4.69) is 10.6 Å². The highest BCUT2D eigenvalue weighted by atomic mass is 35.5. The molecule has 2 aromatic rings. The Morgan fingerprint density at radius 1 is 1.00 bits per heavy atom. The average molecular weight is 305 g/mol. The zero-order valence-corrected chi connectivity index (χ0v) is 11.9. The van der Waals surface area contributed by atoms with Crippen molar-refractivity contribution in [2.75, 3.05) is 10.6 Å². The van der Waals surface area contributed by atoms with E-state index in [4.69, 9.17) is 16.7 Å². The number of anilines is 2. The van der Waals surface area contributed by atoms with Crippen molar-refractivity contribution in [3.63, 3.8) is 0 Å².